The van der Waals surface area contributed by atoms with Gasteiger partial charge in [0.25, 0.3) is 5.91 Å². The summed E-state index contributed by atoms with van der Waals surface area (Å²) >= 11 is 0. The molecule has 2 rings (SSSR count). The molecule has 1 amide bonds. The molecular formula is C13H17NO2. The smallest absolute Gasteiger partial charge is 0.253 e. The fourth-order valence-corrected chi connectivity index (χ4v) is 1.87. The highest BCUT2D eigenvalue weighted by Gasteiger charge is 2.24. The first-order valence-electron chi connectivity index (χ1n) is 5.78. The summed E-state index contributed by atoms with van der Waals surface area (Å²) in [5.74, 6) is -0.0646. The molecule has 0 bridgehead atoms. The number of carbonyl (C=O) groups excluding carboxylic acids is 1. The SMILES string of the molecule is C[C@@H](C(=O)N1CCCCO1)c1ccccc1. The van der Waals surface area contributed by atoms with Crippen molar-refractivity contribution in [3.63, 3.8) is 0 Å². The first kappa shape index (κ1) is 11.1. The van der Waals surface area contributed by atoms with E-state index in [1.54, 1.807) is 0 Å². The zero-order valence-electron chi connectivity index (χ0n) is 9.56. The van der Waals surface area contributed by atoms with Crippen LogP contribution in [-0.4, -0.2) is 24.1 Å². The summed E-state index contributed by atoms with van der Waals surface area (Å²) in [5, 5.41) is 1.52. The van der Waals surface area contributed by atoms with E-state index in [0.29, 0.717) is 6.61 Å². The number of hydrogen-bond donors (Lipinski definition) is 0. The molecule has 1 saturated heterocycles. The predicted molar refractivity (Wildman–Crippen MR) is 61.8 cm³/mol. The summed E-state index contributed by atoms with van der Waals surface area (Å²) < 4.78 is 0. The molecule has 0 spiro atoms. The van der Waals surface area contributed by atoms with Gasteiger partial charge in [-0.25, -0.2) is 5.06 Å². The van der Waals surface area contributed by atoms with Gasteiger partial charge in [0, 0.05) is 6.54 Å². The molecule has 0 radical (unpaired) electrons. The highest BCUT2D eigenvalue weighted by Crippen LogP contribution is 2.19. The highest BCUT2D eigenvalue weighted by atomic mass is 16.7. The van der Waals surface area contributed by atoms with Crippen LogP contribution in [0.3, 0.4) is 0 Å². The van der Waals surface area contributed by atoms with Crippen LogP contribution in [0.5, 0.6) is 0 Å². The van der Waals surface area contributed by atoms with E-state index in [1.807, 2.05) is 37.3 Å². The normalized spacial score (nSPS) is 18.2. The van der Waals surface area contributed by atoms with Crippen molar-refractivity contribution in [2.75, 3.05) is 13.2 Å². The third-order valence-electron chi connectivity index (χ3n) is 2.92. The minimum absolute atomic E-state index is 0.0610. The Bertz CT molecular complexity index is 344. The average molecular weight is 219 g/mol. The summed E-state index contributed by atoms with van der Waals surface area (Å²) in [6.07, 6.45) is 2.08. The number of hydrogen-bond acceptors (Lipinski definition) is 2. The molecule has 1 atom stereocenters. The lowest BCUT2D eigenvalue weighted by Crippen LogP contribution is -2.38. The van der Waals surface area contributed by atoms with Crippen molar-refractivity contribution in [2.45, 2.75) is 25.7 Å². The van der Waals surface area contributed by atoms with Crippen molar-refractivity contribution in [1.29, 1.82) is 0 Å². The van der Waals surface area contributed by atoms with E-state index in [0.717, 1.165) is 24.9 Å². The van der Waals surface area contributed by atoms with E-state index in [9.17, 15) is 4.79 Å². The molecule has 16 heavy (non-hydrogen) atoms. The van der Waals surface area contributed by atoms with E-state index in [2.05, 4.69) is 0 Å². The van der Waals surface area contributed by atoms with Gasteiger partial charge in [-0.1, -0.05) is 30.3 Å². The van der Waals surface area contributed by atoms with Crippen molar-refractivity contribution < 1.29 is 9.63 Å². The third-order valence-corrected chi connectivity index (χ3v) is 2.92. The largest absolute Gasteiger partial charge is 0.272 e. The van der Waals surface area contributed by atoms with Crippen LogP contribution < -0.4 is 0 Å². The van der Waals surface area contributed by atoms with Gasteiger partial charge in [-0.05, 0) is 25.3 Å². The van der Waals surface area contributed by atoms with Gasteiger partial charge >= 0.3 is 0 Å². The van der Waals surface area contributed by atoms with Gasteiger partial charge in [0.15, 0.2) is 0 Å². The van der Waals surface area contributed by atoms with Crippen molar-refractivity contribution >= 4 is 5.91 Å². The molecule has 1 heterocycles. The summed E-state index contributed by atoms with van der Waals surface area (Å²) in [7, 11) is 0. The van der Waals surface area contributed by atoms with Gasteiger partial charge in [-0.2, -0.15) is 0 Å². The Balaban J connectivity index is 2.04. The first-order chi connectivity index (χ1) is 7.79. The minimum atomic E-state index is -0.126. The Morgan fingerprint density at radius 1 is 1.31 bits per heavy atom. The maximum absolute atomic E-state index is 12.1. The third kappa shape index (κ3) is 2.42. The Labute approximate surface area is 96.0 Å². The fourth-order valence-electron chi connectivity index (χ4n) is 1.87. The first-order valence-corrected chi connectivity index (χ1v) is 5.78. The lowest BCUT2D eigenvalue weighted by atomic mass is 10.0. The van der Waals surface area contributed by atoms with Gasteiger partial charge in [0.2, 0.25) is 0 Å². The second-order valence-corrected chi connectivity index (χ2v) is 4.11. The number of hydroxylamine groups is 2. The Morgan fingerprint density at radius 2 is 2.06 bits per heavy atom. The fraction of sp³-hybridized carbons (Fsp3) is 0.462. The zero-order valence-corrected chi connectivity index (χ0v) is 9.56. The van der Waals surface area contributed by atoms with Crippen LogP contribution in [0.25, 0.3) is 0 Å². The van der Waals surface area contributed by atoms with Crippen LogP contribution >= 0.6 is 0 Å². The molecule has 3 nitrogen and oxygen atoms in total. The lowest BCUT2D eigenvalue weighted by molar-refractivity contribution is -0.198. The number of nitrogens with zero attached hydrogens (tertiary/aromatic N) is 1. The van der Waals surface area contributed by atoms with Crippen LogP contribution in [0.2, 0.25) is 0 Å². The Hall–Kier alpha value is -1.35. The molecule has 1 aromatic rings. The van der Waals surface area contributed by atoms with Gasteiger partial charge < -0.3 is 0 Å². The van der Waals surface area contributed by atoms with E-state index in [1.165, 1.54) is 5.06 Å². The number of benzene rings is 1. The van der Waals surface area contributed by atoms with Crippen LogP contribution in [0.1, 0.15) is 31.2 Å². The molecule has 1 aliphatic heterocycles. The zero-order chi connectivity index (χ0) is 11.4. The summed E-state index contributed by atoms with van der Waals surface area (Å²) in [6.45, 7) is 3.30. The molecule has 0 N–H and O–H groups in total. The van der Waals surface area contributed by atoms with E-state index >= 15 is 0 Å². The Kier molecular flexibility index (Phi) is 3.57. The van der Waals surface area contributed by atoms with Gasteiger partial charge in [0.1, 0.15) is 0 Å². The van der Waals surface area contributed by atoms with E-state index in [-0.39, 0.29) is 11.8 Å². The van der Waals surface area contributed by atoms with Crippen LogP contribution in [0.15, 0.2) is 30.3 Å². The molecular weight excluding hydrogens is 202 g/mol. The second-order valence-electron chi connectivity index (χ2n) is 4.11. The monoisotopic (exact) mass is 219 g/mol. The van der Waals surface area contributed by atoms with Crippen molar-refractivity contribution in [1.82, 2.24) is 5.06 Å². The van der Waals surface area contributed by atoms with E-state index in [4.69, 9.17) is 4.84 Å². The molecule has 1 fully saturated rings. The number of carbonyl (C=O) groups is 1. The number of amides is 1. The molecule has 0 aromatic heterocycles. The Morgan fingerprint density at radius 3 is 2.69 bits per heavy atom. The molecule has 86 valence electrons. The standard InChI is InChI=1S/C13H17NO2/c1-11(12-7-3-2-4-8-12)13(15)14-9-5-6-10-16-14/h2-4,7-8,11H,5-6,9-10H2,1H3/t11-/m1/s1. The molecule has 1 aliphatic rings. The van der Waals surface area contributed by atoms with Crippen molar-refractivity contribution in [3.05, 3.63) is 35.9 Å². The van der Waals surface area contributed by atoms with Gasteiger partial charge in [-0.15, -0.1) is 0 Å². The molecule has 0 unspecified atom stereocenters. The van der Waals surface area contributed by atoms with Crippen LogP contribution in [0, 0.1) is 0 Å². The minimum Gasteiger partial charge on any atom is -0.272 e. The molecule has 1 aromatic carbocycles. The average Bonchev–Trinajstić information content (AvgIpc) is 2.39. The summed E-state index contributed by atoms with van der Waals surface area (Å²) in [6, 6.07) is 9.82. The predicted octanol–water partition coefficient (Wildman–Crippen LogP) is 2.34. The van der Waals surface area contributed by atoms with Crippen LogP contribution in [-0.2, 0) is 9.63 Å². The van der Waals surface area contributed by atoms with Crippen LogP contribution in [0.4, 0.5) is 0 Å². The highest BCUT2D eigenvalue weighted by molar-refractivity contribution is 5.82. The topological polar surface area (TPSA) is 29.5 Å². The summed E-state index contributed by atoms with van der Waals surface area (Å²) in [4.78, 5) is 17.5. The van der Waals surface area contributed by atoms with Gasteiger partial charge in [0.05, 0.1) is 12.5 Å². The van der Waals surface area contributed by atoms with Gasteiger partial charge in [-0.3, -0.25) is 9.63 Å². The second kappa shape index (κ2) is 5.12. The maximum atomic E-state index is 12.1. The van der Waals surface area contributed by atoms with E-state index < -0.39 is 0 Å². The summed E-state index contributed by atoms with van der Waals surface area (Å²) in [5.41, 5.74) is 1.04. The molecule has 0 saturated carbocycles. The molecule has 0 aliphatic carbocycles. The number of rotatable bonds is 2. The lowest BCUT2D eigenvalue weighted by Gasteiger charge is -2.28. The quantitative estimate of drug-likeness (QED) is 0.764. The van der Waals surface area contributed by atoms with Crippen molar-refractivity contribution in [2.24, 2.45) is 0 Å². The molecule has 3 heteroatoms. The maximum Gasteiger partial charge on any atom is 0.253 e. The van der Waals surface area contributed by atoms with Crippen molar-refractivity contribution in [3.8, 4) is 0 Å².